The van der Waals surface area contributed by atoms with Crippen molar-refractivity contribution in [3.05, 3.63) is 57.9 Å². The van der Waals surface area contributed by atoms with E-state index in [-0.39, 0.29) is 12.2 Å². The van der Waals surface area contributed by atoms with E-state index in [0.29, 0.717) is 6.42 Å². The number of nitro groups is 1. The first kappa shape index (κ1) is 14.7. The molecule has 1 atom stereocenters. The van der Waals surface area contributed by atoms with Crippen molar-refractivity contribution in [3.8, 4) is 0 Å². The Morgan fingerprint density at radius 2 is 2.14 bits per heavy atom. The van der Waals surface area contributed by atoms with Crippen LogP contribution < -0.4 is 5.32 Å². The summed E-state index contributed by atoms with van der Waals surface area (Å²) in [5.41, 5.74) is 0.309. The van der Waals surface area contributed by atoms with E-state index >= 15 is 0 Å². The number of aliphatic hydroxyl groups excluding tert-OH is 1. The monoisotopic (exact) mass is 290 g/mol. The maximum atomic E-state index is 11.8. The van der Waals surface area contributed by atoms with Gasteiger partial charge in [0.05, 0.1) is 11.0 Å². The zero-order valence-electron chi connectivity index (χ0n) is 11.0. The summed E-state index contributed by atoms with van der Waals surface area (Å²) in [6, 6.07) is 9.31. The molecule has 8 nitrogen and oxygen atoms in total. The molecule has 0 saturated heterocycles. The molecule has 0 saturated carbocycles. The maximum absolute atomic E-state index is 11.8. The standard InChI is InChI=1S/C13H14N4O4/c18-10(6-9-4-2-1-3-5-9)7-14-13(19)12-11(17(20)21)8-15-16-12/h1-5,8,10,18H,6-7H2,(H,14,19)(H,15,16). The average molecular weight is 290 g/mol. The van der Waals surface area contributed by atoms with Gasteiger partial charge in [-0.1, -0.05) is 30.3 Å². The van der Waals surface area contributed by atoms with Crippen LogP contribution in [0.4, 0.5) is 5.69 Å². The minimum atomic E-state index is -0.779. The predicted molar refractivity (Wildman–Crippen MR) is 73.7 cm³/mol. The molecule has 21 heavy (non-hydrogen) atoms. The number of H-pyrrole nitrogens is 1. The Bertz CT molecular complexity index is 626. The Labute approximate surface area is 120 Å². The molecule has 0 aliphatic carbocycles. The second kappa shape index (κ2) is 6.62. The third kappa shape index (κ3) is 3.86. The molecule has 0 fully saturated rings. The van der Waals surface area contributed by atoms with Gasteiger partial charge in [0.1, 0.15) is 6.20 Å². The van der Waals surface area contributed by atoms with Gasteiger partial charge in [0.25, 0.3) is 5.91 Å². The van der Waals surface area contributed by atoms with Crippen LogP contribution in [0, 0.1) is 10.1 Å². The summed E-state index contributed by atoms with van der Waals surface area (Å²) in [6.07, 6.45) is 0.569. The smallest absolute Gasteiger partial charge is 0.319 e. The van der Waals surface area contributed by atoms with Gasteiger partial charge in [-0.25, -0.2) is 0 Å². The third-order valence-corrected chi connectivity index (χ3v) is 2.86. The summed E-state index contributed by atoms with van der Waals surface area (Å²) in [5.74, 6) is -0.675. The summed E-state index contributed by atoms with van der Waals surface area (Å²) in [5, 5.41) is 28.7. The number of amides is 1. The highest BCUT2D eigenvalue weighted by atomic mass is 16.6. The van der Waals surface area contributed by atoms with Gasteiger partial charge in [0.2, 0.25) is 5.69 Å². The second-order valence-corrected chi connectivity index (χ2v) is 4.44. The number of rotatable bonds is 6. The molecule has 1 amide bonds. The number of carbonyl (C=O) groups excluding carboxylic acids is 1. The van der Waals surface area contributed by atoms with Gasteiger partial charge < -0.3 is 10.4 Å². The highest BCUT2D eigenvalue weighted by molar-refractivity contribution is 5.95. The van der Waals surface area contributed by atoms with Gasteiger partial charge in [0.15, 0.2) is 0 Å². The van der Waals surface area contributed by atoms with Crippen molar-refractivity contribution in [2.75, 3.05) is 6.54 Å². The number of hydrogen-bond acceptors (Lipinski definition) is 5. The lowest BCUT2D eigenvalue weighted by Crippen LogP contribution is -2.33. The number of nitrogens with one attached hydrogen (secondary N) is 2. The van der Waals surface area contributed by atoms with Crippen LogP contribution in [-0.2, 0) is 6.42 Å². The number of aliphatic hydroxyl groups is 1. The summed E-state index contributed by atoms with van der Waals surface area (Å²) < 4.78 is 0. The highest BCUT2D eigenvalue weighted by Gasteiger charge is 2.22. The molecule has 1 aromatic heterocycles. The van der Waals surface area contributed by atoms with Crippen molar-refractivity contribution >= 4 is 11.6 Å². The molecule has 0 radical (unpaired) electrons. The third-order valence-electron chi connectivity index (χ3n) is 2.86. The summed E-state index contributed by atoms with van der Waals surface area (Å²) in [6.45, 7) is -0.0100. The highest BCUT2D eigenvalue weighted by Crippen LogP contribution is 2.13. The van der Waals surface area contributed by atoms with Crippen LogP contribution in [0.5, 0.6) is 0 Å². The molecule has 0 bridgehead atoms. The van der Waals surface area contributed by atoms with Crippen LogP contribution in [0.3, 0.4) is 0 Å². The number of aromatic amines is 1. The Hall–Kier alpha value is -2.74. The van der Waals surface area contributed by atoms with Crippen LogP contribution >= 0.6 is 0 Å². The van der Waals surface area contributed by atoms with E-state index in [2.05, 4.69) is 15.5 Å². The molecule has 2 aromatic rings. The largest absolute Gasteiger partial charge is 0.391 e. The van der Waals surface area contributed by atoms with E-state index in [0.717, 1.165) is 11.8 Å². The minimum absolute atomic E-state index is 0.0100. The van der Waals surface area contributed by atoms with Crippen molar-refractivity contribution in [2.45, 2.75) is 12.5 Å². The SMILES string of the molecule is O=C(NCC(O)Cc1ccccc1)c1[nH]ncc1[N+](=O)[O-]. The number of aromatic nitrogens is 2. The number of nitrogens with zero attached hydrogens (tertiary/aromatic N) is 2. The molecule has 8 heteroatoms. The van der Waals surface area contributed by atoms with Gasteiger partial charge in [-0.2, -0.15) is 5.10 Å². The molecule has 1 heterocycles. The average Bonchev–Trinajstić information content (AvgIpc) is 2.95. The number of hydrogen-bond donors (Lipinski definition) is 3. The van der Waals surface area contributed by atoms with Crippen molar-refractivity contribution in [3.63, 3.8) is 0 Å². The molecule has 1 unspecified atom stereocenters. The van der Waals surface area contributed by atoms with E-state index in [9.17, 15) is 20.0 Å². The first-order valence-corrected chi connectivity index (χ1v) is 6.26. The van der Waals surface area contributed by atoms with Crippen LogP contribution in [0.15, 0.2) is 36.5 Å². The molecule has 110 valence electrons. The molecular formula is C13H14N4O4. The van der Waals surface area contributed by atoms with E-state index in [4.69, 9.17) is 0 Å². The lowest BCUT2D eigenvalue weighted by molar-refractivity contribution is -0.385. The van der Waals surface area contributed by atoms with Crippen molar-refractivity contribution in [1.29, 1.82) is 0 Å². The van der Waals surface area contributed by atoms with Crippen LogP contribution in [-0.4, -0.2) is 38.8 Å². The normalized spacial score (nSPS) is 11.9. The van der Waals surface area contributed by atoms with Gasteiger partial charge in [-0.05, 0) is 5.56 Å². The number of carbonyl (C=O) groups is 1. The fourth-order valence-electron chi connectivity index (χ4n) is 1.84. The first-order chi connectivity index (χ1) is 10.1. The predicted octanol–water partition coefficient (Wildman–Crippen LogP) is 0.651. The van der Waals surface area contributed by atoms with Gasteiger partial charge in [-0.15, -0.1) is 0 Å². The lowest BCUT2D eigenvalue weighted by atomic mass is 10.1. The van der Waals surface area contributed by atoms with Crippen LogP contribution in [0.2, 0.25) is 0 Å². The summed E-state index contributed by atoms with van der Waals surface area (Å²) in [4.78, 5) is 21.8. The van der Waals surface area contributed by atoms with Crippen molar-refractivity contribution in [2.24, 2.45) is 0 Å². The first-order valence-electron chi connectivity index (χ1n) is 6.26. The molecule has 2 rings (SSSR count). The van der Waals surface area contributed by atoms with Crippen molar-refractivity contribution in [1.82, 2.24) is 15.5 Å². The van der Waals surface area contributed by atoms with E-state index < -0.39 is 22.6 Å². The summed E-state index contributed by atoms with van der Waals surface area (Å²) in [7, 11) is 0. The number of benzene rings is 1. The van der Waals surface area contributed by atoms with Gasteiger partial charge in [-0.3, -0.25) is 20.0 Å². The lowest BCUT2D eigenvalue weighted by Gasteiger charge is -2.11. The topological polar surface area (TPSA) is 121 Å². The quantitative estimate of drug-likeness (QED) is 0.532. The molecular weight excluding hydrogens is 276 g/mol. The minimum Gasteiger partial charge on any atom is -0.391 e. The molecule has 1 aromatic carbocycles. The van der Waals surface area contributed by atoms with E-state index in [1.54, 1.807) is 0 Å². The Balaban J connectivity index is 1.89. The Morgan fingerprint density at radius 1 is 1.43 bits per heavy atom. The van der Waals surface area contributed by atoms with E-state index in [1.807, 2.05) is 30.3 Å². The molecule has 3 N–H and O–H groups in total. The van der Waals surface area contributed by atoms with Crippen molar-refractivity contribution < 1.29 is 14.8 Å². The molecule has 0 spiro atoms. The zero-order valence-corrected chi connectivity index (χ0v) is 11.0. The second-order valence-electron chi connectivity index (χ2n) is 4.44. The van der Waals surface area contributed by atoms with Crippen LogP contribution in [0.1, 0.15) is 16.1 Å². The van der Waals surface area contributed by atoms with Gasteiger partial charge >= 0.3 is 5.69 Å². The van der Waals surface area contributed by atoms with E-state index in [1.165, 1.54) is 0 Å². The zero-order chi connectivity index (χ0) is 15.2. The summed E-state index contributed by atoms with van der Waals surface area (Å²) >= 11 is 0. The maximum Gasteiger partial charge on any atom is 0.319 e. The Morgan fingerprint density at radius 3 is 2.81 bits per heavy atom. The fraction of sp³-hybridized carbons (Fsp3) is 0.231. The van der Waals surface area contributed by atoms with Gasteiger partial charge in [0, 0.05) is 13.0 Å². The molecule has 0 aliphatic heterocycles. The molecule has 0 aliphatic rings. The Kier molecular flexibility index (Phi) is 4.62. The van der Waals surface area contributed by atoms with Crippen LogP contribution in [0.25, 0.3) is 0 Å². The fourth-order valence-corrected chi connectivity index (χ4v) is 1.84.